The molecule has 0 bridgehead atoms. The number of hydrogen-bond donors (Lipinski definition) is 0. The zero-order valence-corrected chi connectivity index (χ0v) is 8.95. The molecule has 0 aromatic rings. The molecule has 0 heterocycles. The van der Waals surface area contributed by atoms with E-state index in [4.69, 9.17) is 4.74 Å². The first-order valence-corrected chi connectivity index (χ1v) is 5.45. The van der Waals surface area contributed by atoms with Gasteiger partial charge in [-0.15, -0.1) is 0 Å². The zero-order chi connectivity index (χ0) is 10.2. The highest BCUT2D eigenvalue weighted by atomic mass is 16.5. The summed E-state index contributed by atoms with van der Waals surface area (Å²) in [6.07, 6.45) is 8.67. The van der Waals surface area contributed by atoms with Crippen molar-refractivity contribution in [3.8, 4) is 0 Å². The number of allylic oxidation sites excluding steroid dienone is 1. The standard InChI is InChI=1S/C12H18O2/c1-9-7-10-5-3-4-6-12(10,8-9)11(13)14-2/h4,6,9-10H,3,5,7-8H2,1-2H3/t9-,10+,12+/m1/s1. The van der Waals surface area contributed by atoms with Crippen molar-refractivity contribution in [2.45, 2.75) is 32.6 Å². The van der Waals surface area contributed by atoms with Crippen LogP contribution < -0.4 is 0 Å². The highest BCUT2D eigenvalue weighted by Gasteiger charge is 2.51. The lowest BCUT2D eigenvalue weighted by Crippen LogP contribution is -2.35. The first-order valence-electron chi connectivity index (χ1n) is 5.45. The quantitative estimate of drug-likeness (QED) is 0.473. The van der Waals surface area contributed by atoms with Crippen molar-refractivity contribution < 1.29 is 9.53 Å². The summed E-state index contributed by atoms with van der Waals surface area (Å²) < 4.78 is 4.95. The summed E-state index contributed by atoms with van der Waals surface area (Å²) in [6, 6.07) is 0. The van der Waals surface area contributed by atoms with Crippen molar-refractivity contribution in [2.75, 3.05) is 7.11 Å². The van der Waals surface area contributed by atoms with Crippen LogP contribution in [0.1, 0.15) is 32.6 Å². The summed E-state index contributed by atoms with van der Waals surface area (Å²) in [4.78, 5) is 11.8. The molecule has 0 unspecified atom stereocenters. The molecule has 0 saturated heterocycles. The van der Waals surface area contributed by atoms with Crippen molar-refractivity contribution in [3.05, 3.63) is 12.2 Å². The van der Waals surface area contributed by atoms with Gasteiger partial charge in [-0.2, -0.15) is 0 Å². The summed E-state index contributed by atoms with van der Waals surface area (Å²) in [5.41, 5.74) is -0.271. The molecule has 0 spiro atoms. The fourth-order valence-electron chi connectivity index (χ4n) is 3.20. The van der Waals surface area contributed by atoms with Crippen LogP contribution in [0.3, 0.4) is 0 Å². The number of hydrogen-bond acceptors (Lipinski definition) is 2. The van der Waals surface area contributed by atoms with Crippen molar-refractivity contribution in [3.63, 3.8) is 0 Å². The molecule has 1 saturated carbocycles. The van der Waals surface area contributed by atoms with Gasteiger partial charge in [-0.25, -0.2) is 0 Å². The van der Waals surface area contributed by atoms with Gasteiger partial charge in [0.1, 0.15) is 0 Å². The molecule has 1 fully saturated rings. The number of methoxy groups -OCH3 is 1. The highest BCUT2D eigenvalue weighted by molar-refractivity contribution is 5.80. The number of esters is 1. The van der Waals surface area contributed by atoms with Gasteiger partial charge in [-0.3, -0.25) is 4.79 Å². The lowest BCUT2D eigenvalue weighted by Gasteiger charge is -2.32. The maximum Gasteiger partial charge on any atom is 0.315 e. The minimum absolute atomic E-state index is 0.0252. The monoisotopic (exact) mass is 194 g/mol. The van der Waals surface area contributed by atoms with Crippen LogP contribution in [0.25, 0.3) is 0 Å². The Hall–Kier alpha value is -0.790. The van der Waals surface area contributed by atoms with Gasteiger partial charge in [0.05, 0.1) is 12.5 Å². The van der Waals surface area contributed by atoms with E-state index in [0.29, 0.717) is 11.8 Å². The van der Waals surface area contributed by atoms with E-state index in [0.717, 1.165) is 19.3 Å². The highest BCUT2D eigenvalue weighted by Crippen LogP contribution is 2.52. The van der Waals surface area contributed by atoms with E-state index in [2.05, 4.69) is 19.1 Å². The Morgan fingerprint density at radius 1 is 1.57 bits per heavy atom. The molecule has 0 aromatic carbocycles. The van der Waals surface area contributed by atoms with E-state index >= 15 is 0 Å². The molecule has 0 aromatic heterocycles. The predicted octanol–water partition coefficient (Wildman–Crippen LogP) is 2.54. The summed E-state index contributed by atoms with van der Waals surface area (Å²) in [7, 11) is 1.50. The lowest BCUT2D eigenvalue weighted by molar-refractivity contribution is -0.152. The Kier molecular flexibility index (Phi) is 2.38. The molecule has 0 N–H and O–H groups in total. The second-order valence-corrected chi connectivity index (χ2v) is 4.75. The van der Waals surface area contributed by atoms with Crippen LogP contribution in [-0.2, 0) is 9.53 Å². The molecule has 2 heteroatoms. The molecule has 14 heavy (non-hydrogen) atoms. The smallest absolute Gasteiger partial charge is 0.315 e. The maximum atomic E-state index is 11.8. The molecular weight excluding hydrogens is 176 g/mol. The van der Waals surface area contributed by atoms with Gasteiger partial charge in [0.2, 0.25) is 0 Å². The van der Waals surface area contributed by atoms with Crippen LogP contribution >= 0.6 is 0 Å². The van der Waals surface area contributed by atoms with Gasteiger partial charge in [0.15, 0.2) is 0 Å². The van der Waals surface area contributed by atoms with Crippen molar-refractivity contribution >= 4 is 5.97 Å². The zero-order valence-electron chi connectivity index (χ0n) is 8.95. The molecule has 3 atom stereocenters. The third-order valence-corrected chi connectivity index (χ3v) is 3.76. The van der Waals surface area contributed by atoms with Gasteiger partial charge < -0.3 is 4.74 Å². The lowest BCUT2D eigenvalue weighted by atomic mass is 9.72. The number of carbonyl (C=O) groups excluding carboxylic acids is 1. The van der Waals surface area contributed by atoms with E-state index in [-0.39, 0.29) is 11.4 Å². The number of fused-ring (bicyclic) bond motifs is 1. The Balaban J connectivity index is 2.31. The second kappa shape index (κ2) is 3.41. The second-order valence-electron chi connectivity index (χ2n) is 4.75. The van der Waals surface area contributed by atoms with Gasteiger partial charge >= 0.3 is 5.97 Å². The molecule has 2 nitrogen and oxygen atoms in total. The summed E-state index contributed by atoms with van der Waals surface area (Å²) in [5, 5.41) is 0. The minimum Gasteiger partial charge on any atom is -0.468 e. The van der Waals surface area contributed by atoms with E-state index in [1.165, 1.54) is 13.5 Å². The topological polar surface area (TPSA) is 26.3 Å². The Labute approximate surface area is 85.3 Å². The van der Waals surface area contributed by atoms with Crippen LogP contribution in [0, 0.1) is 17.3 Å². The molecule has 78 valence electrons. The third-order valence-electron chi connectivity index (χ3n) is 3.76. The Morgan fingerprint density at radius 3 is 3.07 bits per heavy atom. The van der Waals surface area contributed by atoms with Crippen LogP contribution in [0.5, 0.6) is 0 Å². The number of ether oxygens (including phenoxy) is 1. The molecule has 0 radical (unpaired) electrons. The average molecular weight is 194 g/mol. The average Bonchev–Trinajstić information content (AvgIpc) is 2.53. The largest absolute Gasteiger partial charge is 0.468 e. The van der Waals surface area contributed by atoms with Crippen molar-refractivity contribution in [2.24, 2.45) is 17.3 Å². The molecular formula is C12H18O2. The summed E-state index contributed by atoms with van der Waals surface area (Å²) in [5.74, 6) is 1.15. The van der Waals surface area contributed by atoms with E-state index in [9.17, 15) is 4.79 Å². The number of carbonyl (C=O) groups is 1. The van der Waals surface area contributed by atoms with Gasteiger partial charge in [0, 0.05) is 0 Å². The van der Waals surface area contributed by atoms with E-state index in [1.807, 2.05) is 0 Å². The van der Waals surface area contributed by atoms with Gasteiger partial charge in [-0.05, 0) is 37.5 Å². The molecule has 0 amide bonds. The first-order chi connectivity index (χ1) is 6.69. The van der Waals surface area contributed by atoms with E-state index in [1.54, 1.807) is 0 Å². The Bertz CT molecular complexity index is 269. The van der Waals surface area contributed by atoms with Crippen LogP contribution in [-0.4, -0.2) is 13.1 Å². The maximum absolute atomic E-state index is 11.8. The van der Waals surface area contributed by atoms with E-state index < -0.39 is 0 Å². The van der Waals surface area contributed by atoms with Crippen LogP contribution in [0.2, 0.25) is 0 Å². The normalized spacial score (nSPS) is 40.7. The van der Waals surface area contributed by atoms with Crippen LogP contribution in [0.4, 0.5) is 0 Å². The van der Waals surface area contributed by atoms with Crippen LogP contribution in [0.15, 0.2) is 12.2 Å². The fraction of sp³-hybridized carbons (Fsp3) is 0.750. The van der Waals surface area contributed by atoms with Gasteiger partial charge in [0.25, 0.3) is 0 Å². The first kappa shape index (κ1) is 9.75. The summed E-state index contributed by atoms with van der Waals surface area (Å²) >= 11 is 0. The predicted molar refractivity (Wildman–Crippen MR) is 54.7 cm³/mol. The summed E-state index contributed by atoms with van der Waals surface area (Å²) in [6.45, 7) is 2.23. The molecule has 2 rings (SSSR count). The molecule has 0 aliphatic heterocycles. The SMILES string of the molecule is COC(=O)[C@]12C=CCC[C@H]1C[C@@H](C)C2. The Morgan fingerprint density at radius 2 is 2.36 bits per heavy atom. The minimum atomic E-state index is -0.271. The van der Waals surface area contributed by atoms with Gasteiger partial charge in [-0.1, -0.05) is 19.1 Å². The molecule has 2 aliphatic rings. The number of rotatable bonds is 1. The van der Waals surface area contributed by atoms with Crippen molar-refractivity contribution in [1.29, 1.82) is 0 Å². The fourth-order valence-corrected chi connectivity index (χ4v) is 3.20. The molecule has 2 aliphatic carbocycles. The third kappa shape index (κ3) is 1.28. The van der Waals surface area contributed by atoms with Crippen molar-refractivity contribution in [1.82, 2.24) is 0 Å².